The maximum atomic E-state index is 12.8. The van der Waals surface area contributed by atoms with Crippen molar-refractivity contribution in [3.05, 3.63) is 21.4 Å². The quantitative estimate of drug-likeness (QED) is 0.903. The molecule has 7 heteroatoms. The number of sulfone groups is 1. The number of carbonyl (C=O) groups excluding carboxylic acids is 1. The van der Waals surface area contributed by atoms with Crippen molar-refractivity contribution in [3.8, 4) is 0 Å². The van der Waals surface area contributed by atoms with Crippen LogP contribution in [-0.4, -0.2) is 44.6 Å². The molecule has 0 spiro atoms. The van der Waals surface area contributed by atoms with Gasteiger partial charge in [-0.3, -0.25) is 4.79 Å². The van der Waals surface area contributed by atoms with E-state index < -0.39 is 9.84 Å². The smallest absolute Gasteiger partial charge is 0.264 e. The van der Waals surface area contributed by atoms with Gasteiger partial charge in [0.1, 0.15) is 0 Å². The predicted molar refractivity (Wildman–Crippen MR) is 89.9 cm³/mol. The molecular formula is C15H24N2O3S2. The number of likely N-dealkylation sites (tertiary alicyclic amines) is 1. The summed E-state index contributed by atoms with van der Waals surface area (Å²) in [6.07, 6.45) is 3.29. The molecule has 2 atom stereocenters. The summed E-state index contributed by atoms with van der Waals surface area (Å²) in [5.41, 5.74) is 6.58. The standard InChI is InChI=1S/C15H24N2O3S2/c1-10-5-4-6-17(13(10)8-16)15(18)14-7-12(11(2)21-14)9-22(3,19)20/h7,10,13H,4-6,8-9,16H2,1-3H3/t10-,13-/m1/s1. The fourth-order valence-electron chi connectivity index (χ4n) is 3.05. The molecule has 2 rings (SSSR count). The Labute approximate surface area is 136 Å². The van der Waals surface area contributed by atoms with E-state index in [-0.39, 0.29) is 17.7 Å². The van der Waals surface area contributed by atoms with Gasteiger partial charge in [0.15, 0.2) is 9.84 Å². The van der Waals surface area contributed by atoms with E-state index in [4.69, 9.17) is 5.73 Å². The normalized spacial score (nSPS) is 22.8. The lowest BCUT2D eigenvalue weighted by molar-refractivity contribution is 0.0537. The highest BCUT2D eigenvalue weighted by atomic mass is 32.2. The molecule has 1 saturated heterocycles. The van der Waals surface area contributed by atoms with Gasteiger partial charge in [-0.1, -0.05) is 6.92 Å². The van der Waals surface area contributed by atoms with Crippen LogP contribution in [0.3, 0.4) is 0 Å². The third-order valence-corrected chi connectivity index (χ3v) is 6.18. The van der Waals surface area contributed by atoms with Crippen LogP contribution in [0, 0.1) is 12.8 Å². The molecule has 1 aromatic heterocycles. The largest absolute Gasteiger partial charge is 0.333 e. The van der Waals surface area contributed by atoms with E-state index >= 15 is 0 Å². The summed E-state index contributed by atoms with van der Waals surface area (Å²) in [4.78, 5) is 16.1. The lowest BCUT2D eigenvalue weighted by Gasteiger charge is -2.39. The summed E-state index contributed by atoms with van der Waals surface area (Å²) in [6.45, 7) is 5.18. The van der Waals surface area contributed by atoms with Gasteiger partial charge in [0.25, 0.3) is 5.91 Å². The maximum absolute atomic E-state index is 12.8. The molecule has 1 fully saturated rings. The summed E-state index contributed by atoms with van der Waals surface area (Å²) >= 11 is 1.37. The number of carbonyl (C=O) groups is 1. The highest BCUT2D eigenvalue weighted by Gasteiger charge is 2.32. The molecule has 0 saturated carbocycles. The number of aryl methyl sites for hydroxylation is 1. The second-order valence-corrected chi connectivity index (χ2v) is 9.58. The van der Waals surface area contributed by atoms with Crippen LogP contribution in [0.15, 0.2) is 6.07 Å². The average molecular weight is 345 g/mol. The van der Waals surface area contributed by atoms with E-state index in [1.807, 2.05) is 11.8 Å². The molecule has 1 aliphatic heterocycles. The molecule has 0 unspecified atom stereocenters. The zero-order valence-corrected chi connectivity index (χ0v) is 15.0. The van der Waals surface area contributed by atoms with Gasteiger partial charge in [0, 0.05) is 30.3 Å². The predicted octanol–water partition coefficient (Wildman–Crippen LogP) is 1.80. The molecule has 1 aromatic rings. The van der Waals surface area contributed by atoms with Crippen molar-refractivity contribution in [1.29, 1.82) is 0 Å². The van der Waals surface area contributed by atoms with E-state index in [0.717, 1.165) is 29.8 Å². The van der Waals surface area contributed by atoms with E-state index in [1.54, 1.807) is 6.07 Å². The first-order valence-electron chi connectivity index (χ1n) is 7.51. The van der Waals surface area contributed by atoms with Gasteiger partial charge >= 0.3 is 0 Å². The van der Waals surface area contributed by atoms with Gasteiger partial charge in [0.05, 0.1) is 10.6 Å². The lowest BCUT2D eigenvalue weighted by atomic mass is 9.90. The van der Waals surface area contributed by atoms with Crippen LogP contribution in [-0.2, 0) is 15.6 Å². The fraction of sp³-hybridized carbons (Fsp3) is 0.667. The Morgan fingerprint density at radius 2 is 2.18 bits per heavy atom. The Kier molecular flexibility index (Phi) is 5.29. The van der Waals surface area contributed by atoms with Crippen molar-refractivity contribution in [2.75, 3.05) is 19.3 Å². The van der Waals surface area contributed by atoms with Gasteiger partial charge in [-0.15, -0.1) is 11.3 Å². The average Bonchev–Trinajstić information content (AvgIpc) is 2.77. The molecule has 5 nitrogen and oxygen atoms in total. The van der Waals surface area contributed by atoms with Crippen molar-refractivity contribution in [3.63, 3.8) is 0 Å². The summed E-state index contributed by atoms with van der Waals surface area (Å²) in [5.74, 6) is 0.369. The number of hydrogen-bond acceptors (Lipinski definition) is 5. The molecular weight excluding hydrogens is 320 g/mol. The van der Waals surface area contributed by atoms with Crippen LogP contribution >= 0.6 is 11.3 Å². The third-order valence-electron chi connectivity index (χ3n) is 4.27. The third kappa shape index (κ3) is 3.88. The first-order chi connectivity index (χ1) is 10.2. The monoisotopic (exact) mass is 344 g/mol. The number of piperidine rings is 1. The molecule has 0 aliphatic carbocycles. The van der Waals surface area contributed by atoms with Gasteiger partial charge < -0.3 is 10.6 Å². The van der Waals surface area contributed by atoms with Crippen molar-refractivity contribution in [2.24, 2.45) is 11.7 Å². The van der Waals surface area contributed by atoms with Crippen LogP contribution in [0.25, 0.3) is 0 Å². The fourth-order valence-corrected chi connectivity index (χ4v) is 5.01. The molecule has 0 bridgehead atoms. The molecule has 2 heterocycles. The Balaban J connectivity index is 2.24. The van der Waals surface area contributed by atoms with Crippen LogP contribution in [0.4, 0.5) is 0 Å². The second-order valence-electron chi connectivity index (χ2n) is 6.18. The minimum Gasteiger partial charge on any atom is -0.333 e. The van der Waals surface area contributed by atoms with Crippen molar-refractivity contribution in [2.45, 2.75) is 38.5 Å². The van der Waals surface area contributed by atoms with Crippen molar-refractivity contribution >= 4 is 27.1 Å². The lowest BCUT2D eigenvalue weighted by Crippen LogP contribution is -2.51. The Morgan fingerprint density at radius 3 is 2.77 bits per heavy atom. The van der Waals surface area contributed by atoms with Crippen LogP contribution < -0.4 is 5.73 Å². The molecule has 0 radical (unpaired) electrons. The first kappa shape index (κ1) is 17.4. The first-order valence-corrected chi connectivity index (χ1v) is 10.4. The zero-order chi connectivity index (χ0) is 16.5. The van der Waals surface area contributed by atoms with Gasteiger partial charge in [-0.25, -0.2) is 8.42 Å². The molecule has 22 heavy (non-hydrogen) atoms. The van der Waals surface area contributed by atoms with Crippen molar-refractivity contribution in [1.82, 2.24) is 4.90 Å². The molecule has 1 amide bonds. The van der Waals surface area contributed by atoms with Crippen LogP contribution in [0.1, 0.15) is 39.9 Å². The molecule has 0 aromatic carbocycles. The minimum atomic E-state index is -3.10. The van der Waals surface area contributed by atoms with Crippen LogP contribution in [0.5, 0.6) is 0 Å². The highest BCUT2D eigenvalue weighted by Crippen LogP contribution is 2.29. The summed E-state index contributed by atoms with van der Waals surface area (Å²) in [7, 11) is -3.10. The number of amides is 1. The Morgan fingerprint density at radius 1 is 1.50 bits per heavy atom. The highest BCUT2D eigenvalue weighted by molar-refractivity contribution is 7.89. The summed E-state index contributed by atoms with van der Waals surface area (Å²) in [6, 6.07) is 1.80. The van der Waals surface area contributed by atoms with E-state index in [2.05, 4.69) is 6.92 Å². The number of nitrogens with two attached hydrogens (primary N) is 1. The number of hydrogen-bond donors (Lipinski definition) is 1. The zero-order valence-electron chi connectivity index (χ0n) is 13.3. The van der Waals surface area contributed by atoms with Crippen molar-refractivity contribution < 1.29 is 13.2 Å². The SMILES string of the molecule is Cc1sc(C(=O)N2CCC[C@@H](C)[C@H]2CN)cc1CS(C)(=O)=O. The Hall–Kier alpha value is -0.920. The van der Waals surface area contributed by atoms with E-state index in [1.165, 1.54) is 17.6 Å². The number of rotatable bonds is 4. The van der Waals surface area contributed by atoms with E-state index in [9.17, 15) is 13.2 Å². The number of nitrogens with zero attached hydrogens (tertiary/aromatic N) is 1. The number of thiophene rings is 1. The molecule has 2 N–H and O–H groups in total. The Bertz CT molecular complexity index is 652. The molecule has 1 aliphatic rings. The molecule has 124 valence electrons. The summed E-state index contributed by atoms with van der Waals surface area (Å²) < 4.78 is 22.9. The van der Waals surface area contributed by atoms with E-state index in [0.29, 0.717) is 17.3 Å². The van der Waals surface area contributed by atoms with Gasteiger partial charge in [-0.2, -0.15) is 0 Å². The van der Waals surface area contributed by atoms with Gasteiger partial charge in [-0.05, 0) is 37.3 Å². The maximum Gasteiger partial charge on any atom is 0.264 e. The second kappa shape index (κ2) is 6.68. The topological polar surface area (TPSA) is 80.5 Å². The summed E-state index contributed by atoms with van der Waals surface area (Å²) in [5, 5.41) is 0. The van der Waals surface area contributed by atoms with Crippen LogP contribution in [0.2, 0.25) is 0 Å². The minimum absolute atomic E-state index is 0.0146. The van der Waals surface area contributed by atoms with Gasteiger partial charge in [0.2, 0.25) is 0 Å².